The van der Waals surface area contributed by atoms with Gasteiger partial charge in [0, 0.05) is 19.2 Å². The summed E-state index contributed by atoms with van der Waals surface area (Å²) in [5.74, 6) is -0.143. The van der Waals surface area contributed by atoms with Gasteiger partial charge >= 0.3 is 5.69 Å². The summed E-state index contributed by atoms with van der Waals surface area (Å²) in [6.07, 6.45) is 0.0428. The van der Waals surface area contributed by atoms with Crippen LogP contribution in [-0.4, -0.2) is 36.5 Å². The molecule has 1 saturated heterocycles. The second-order valence-electron chi connectivity index (χ2n) is 4.24. The van der Waals surface area contributed by atoms with Crippen LogP contribution in [0.5, 0.6) is 0 Å². The Balaban J connectivity index is 2.35. The molecule has 0 radical (unpaired) electrons. The van der Waals surface area contributed by atoms with E-state index in [-0.39, 0.29) is 17.6 Å². The maximum Gasteiger partial charge on any atom is 0.304 e. The lowest BCUT2D eigenvalue weighted by Crippen LogP contribution is -2.40. The Labute approximate surface area is 108 Å². The maximum absolute atomic E-state index is 11.3. The molecule has 0 N–H and O–H groups in total. The van der Waals surface area contributed by atoms with E-state index < -0.39 is 4.92 Å². The Bertz CT molecular complexity index is 485. The van der Waals surface area contributed by atoms with Gasteiger partial charge < -0.3 is 9.64 Å². The van der Waals surface area contributed by atoms with Gasteiger partial charge in [-0.1, -0.05) is 0 Å². The molecule has 1 fully saturated rings. The minimum atomic E-state index is -0.432. The third-order valence-electron chi connectivity index (χ3n) is 2.77. The van der Waals surface area contributed by atoms with E-state index in [2.05, 4.69) is 0 Å². The van der Waals surface area contributed by atoms with Gasteiger partial charge in [-0.25, -0.2) is 0 Å². The summed E-state index contributed by atoms with van der Waals surface area (Å²) in [6.45, 7) is 5.12. The van der Waals surface area contributed by atoms with E-state index in [1.807, 2.05) is 11.8 Å². The van der Waals surface area contributed by atoms with Gasteiger partial charge in [-0.2, -0.15) is 0 Å². The molecule has 98 valence electrons. The van der Waals surface area contributed by atoms with Crippen molar-refractivity contribution in [2.24, 2.45) is 0 Å². The van der Waals surface area contributed by atoms with Crippen LogP contribution >= 0.6 is 11.3 Å². The third-order valence-corrected chi connectivity index (χ3v) is 4.05. The summed E-state index contributed by atoms with van der Waals surface area (Å²) < 4.78 is 5.41. The molecular weight excluding hydrogens is 256 g/mol. The van der Waals surface area contributed by atoms with E-state index in [0.717, 1.165) is 0 Å². The van der Waals surface area contributed by atoms with Crippen LogP contribution < -0.4 is 4.90 Å². The summed E-state index contributed by atoms with van der Waals surface area (Å²) in [5, 5.41) is 11.6. The minimum absolute atomic E-state index is 0.0132. The molecule has 0 spiro atoms. The lowest BCUT2D eigenvalue weighted by Gasteiger charge is -2.31. The van der Waals surface area contributed by atoms with Gasteiger partial charge in [0.2, 0.25) is 0 Å². The average molecular weight is 270 g/mol. The summed E-state index contributed by atoms with van der Waals surface area (Å²) in [6, 6.07) is 1.36. The normalized spacial score (nSPS) is 19.9. The lowest BCUT2D eigenvalue weighted by atomic mass is 10.3. The van der Waals surface area contributed by atoms with Gasteiger partial charge in [-0.15, -0.1) is 11.3 Å². The zero-order valence-corrected chi connectivity index (χ0v) is 11.0. The Morgan fingerprint density at radius 3 is 2.94 bits per heavy atom. The largest absolute Gasteiger partial charge is 0.375 e. The van der Waals surface area contributed by atoms with E-state index in [0.29, 0.717) is 29.6 Å². The van der Waals surface area contributed by atoms with Crippen molar-refractivity contribution >= 4 is 27.8 Å². The summed E-state index contributed by atoms with van der Waals surface area (Å²) >= 11 is 1.18. The van der Waals surface area contributed by atoms with E-state index in [1.54, 1.807) is 0 Å². The molecule has 0 aliphatic carbocycles. The number of thiophene rings is 1. The molecule has 1 aromatic rings. The molecule has 1 aliphatic heterocycles. The van der Waals surface area contributed by atoms with Crippen molar-refractivity contribution in [3.05, 3.63) is 21.1 Å². The van der Waals surface area contributed by atoms with Crippen LogP contribution in [0.1, 0.15) is 23.5 Å². The van der Waals surface area contributed by atoms with Crippen molar-refractivity contribution in [1.29, 1.82) is 0 Å². The van der Waals surface area contributed by atoms with Crippen LogP contribution in [0.4, 0.5) is 10.7 Å². The number of carbonyl (C=O) groups is 1. The third kappa shape index (κ3) is 2.51. The summed E-state index contributed by atoms with van der Waals surface area (Å²) in [7, 11) is 0. The predicted octanol–water partition coefficient (Wildman–Crippen LogP) is 2.08. The number of carbonyl (C=O) groups excluding carboxylic acids is 1. The van der Waals surface area contributed by atoms with E-state index >= 15 is 0 Å². The Kier molecular flexibility index (Phi) is 3.63. The van der Waals surface area contributed by atoms with Crippen molar-refractivity contribution < 1.29 is 14.5 Å². The number of anilines is 1. The first kappa shape index (κ1) is 13.0. The lowest BCUT2D eigenvalue weighted by molar-refractivity contribution is -0.383. The van der Waals surface area contributed by atoms with Gasteiger partial charge in [0.1, 0.15) is 0 Å². The number of nitrogens with zero attached hydrogens (tertiary/aromatic N) is 2. The minimum Gasteiger partial charge on any atom is -0.375 e. The van der Waals surface area contributed by atoms with Crippen LogP contribution in [0.2, 0.25) is 0 Å². The number of morpholine rings is 1. The molecule has 6 nitrogen and oxygen atoms in total. The molecule has 18 heavy (non-hydrogen) atoms. The van der Waals surface area contributed by atoms with Gasteiger partial charge in [-0.3, -0.25) is 14.9 Å². The second-order valence-corrected chi connectivity index (χ2v) is 5.27. The number of hydrogen-bond acceptors (Lipinski definition) is 6. The fourth-order valence-corrected chi connectivity index (χ4v) is 2.96. The maximum atomic E-state index is 11.3. The van der Waals surface area contributed by atoms with Crippen LogP contribution in [-0.2, 0) is 4.74 Å². The first-order valence-electron chi connectivity index (χ1n) is 5.64. The van der Waals surface area contributed by atoms with E-state index in [4.69, 9.17) is 4.74 Å². The first-order chi connectivity index (χ1) is 8.49. The van der Waals surface area contributed by atoms with Gasteiger partial charge in [0.05, 0.1) is 22.5 Å². The zero-order valence-electron chi connectivity index (χ0n) is 10.2. The Morgan fingerprint density at radius 1 is 1.67 bits per heavy atom. The van der Waals surface area contributed by atoms with Gasteiger partial charge in [-0.05, 0) is 13.8 Å². The topological polar surface area (TPSA) is 72.7 Å². The smallest absolute Gasteiger partial charge is 0.304 e. The Hall–Kier alpha value is -1.47. The molecule has 2 heterocycles. The van der Waals surface area contributed by atoms with E-state index in [1.165, 1.54) is 24.3 Å². The highest BCUT2D eigenvalue weighted by Crippen LogP contribution is 2.38. The molecule has 0 amide bonds. The molecule has 1 atom stereocenters. The fourth-order valence-electron chi connectivity index (χ4n) is 1.91. The second kappa shape index (κ2) is 5.03. The quantitative estimate of drug-likeness (QED) is 0.477. The van der Waals surface area contributed by atoms with Crippen LogP contribution in [0.3, 0.4) is 0 Å². The highest BCUT2D eigenvalue weighted by Gasteiger charge is 2.28. The van der Waals surface area contributed by atoms with Crippen molar-refractivity contribution in [1.82, 2.24) is 0 Å². The number of ketones is 1. The number of hydrogen-bond donors (Lipinski definition) is 0. The molecule has 0 aromatic carbocycles. The monoisotopic (exact) mass is 270 g/mol. The van der Waals surface area contributed by atoms with Crippen molar-refractivity contribution in [2.45, 2.75) is 20.0 Å². The average Bonchev–Trinajstić information content (AvgIpc) is 2.73. The highest BCUT2D eigenvalue weighted by molar-refractivity contribution is 7.18. The number of Topliss-reactive ketones (excluding diaryl/α,β-unsaturated/α-hetero) is 1. The van der Waals surface area contributed by atoms with Crippen molar-refractivity contribution in [3.63, 3.8) is 0 Å². The predicted molar refractivity (Wildman–Crippen MR) is 68.6 cm³/mol. The van der Waals surface area contributed by atoms with Crippen molar-refractivity contribution in [2.75, 3.05) is 24.6 Å². The standard InChI is InChI=1S/C11H14N2O4S/c1-7-6-12(3-4-17-7)11-9(13(15)16)5-10(18-11)8(2)14/h5,7H,3-4,6H2,1-2H3. The van der Waals surface area contributed by atoms with Crippen LogP contribution in [0.25, 0.3) is 0 Å². The molecule has 1 aromatic heterocycles. The molecule has 0 bridgehead atoms. The molecule has 1 unspecified atom stereocenters. The SMILES string of the molecule is CC(=O)c1cc([N+](=O)[O-])c(N2CCOC(C)C2)s1. The summed E-state index contributed by atoms with van der Waals surface area (Å²) in [5.41, 5.74) is 0.0132. The van der Waals surface area contributed by atoms with E-state index in [9.17, 15) is 14.9 Å². The number of ether oxygens (including phenoxy) is 1. The molecular formula is C11H14N2O4S. The summed E-state index contributed by atoms with van der Waals surface area (Å²) in [4.78, 5) is 24.3. The fraction of sp³-hybridized carbons (Fsp3) is 0.545. The number of rotatable bonds is 3. The number of nitro groups is 1. The van der Waals surface area contributed by atoms with Crippen LogP contribution in [0, 0.1) is 10.1 Å². The molecule has 7 heteroatoms. The zero-order chi connectivity index (χ0) is 13.3. The molecule has 1 aliphatic rings. The Morgan fingerprint density at radius 2 is 2.39 bits per heavy atom. The van der Waals surface area contributed by atoms with Gasteiger partial charge in [0.15, 0.2) is 10.8 Å². The molecule has 0 saturated carbocycles. The first-order valence-corrected chi connectivity index (χ1v) is 6.46. The van der Waals surface area contributed by atoms with Crippen LogP contribution in [0.15, 0.2) is 6.07 Å². The highest BCUT2D eigenvalue weighted by atomic mass is 32.1. The van der Waals surface area contributed by atoms with Gasteiger partial charge in [0.25, 0.3) is 0 Å². The molecule has 2 rings (SSSR count). The van der Waals surface area contributed by atoms with Crippen molar-refractivity contribution in [3.8, 4) is 0 Å².